The van der Waals surface area contributed by atoms with Gasteiger partial charge in [0.15, 0.2) is 0 Å². The topological polar surface area (TPSA) is 84.2 Å². The number of hydrogen-bond acceptors (Lipinski definition) is 3. The smallest absolute Gasteiger partial charge is 0.267 e. The normalized spacial score (nSPS) is 15.4. The predicted molar refractivity (Wildman–Crippen MR) is 139 cm³/mol. The van der Waals surface area contributed by atoms with Gasteiger partial charge in [0.1, 0.15) is 5.15 Å². The van der Waals surface area contributed by atoms with E-state index in [1.165, 1.54) is 39.2 Å². The minimum Gasteiger partial charge on any atom is -0.361 e. The van der Waals surface area contributed by atoms with E-state index in [0.29, 0.717) is 11.2 Å². The average Bonchev–Trinajstić information content (AvgIpc) is 3.58. The summed E-state index contributed by atoms with van der Waals surface area (Å²) in [6.07, 6.45) is 8.16. The van der Waals surface area contributed by atoms with Crippen molar-refractivity contribution in [1.29, 1.82) is 0 Å². The van der Waals surface area contributed by atoms with Crippen molar-refractivity contribution in [2.75, 3.05) is 6.54 Å². The van der Waals surface area contributed by atoms with Crippen molar-refractivity contribution < 1.29 is 10.0 Å². The highest BCUT2D eigenvalue weighted by Crippen LogP contribution is 2.37. The van der Waals surface area contributed by atoms with Gasteiger partial charge in [-0.25, -0.2) is 5.48 Å². The molecule has 0 saturated heterocycles. The Morgan fingerprint density at radius 3 is 2.91 bits per heavy atom. The zero-order valence-electron chi connectivity index (χ0n) is 19.6. The monoisotopic (exact) mass is 488 g/mol. The first-order valence-electron chi connectivity index (χ1n) is 11.9. The van der Waals surface area contributed by atoms with Crippen LogP contribution in [0.1, 0.15) is 46.0 Å². The molecule has 7 heteroatoms. The number of H-pyrrole nitrogens is 2. The quantitative estimate of drug-likeness (QED) is 0.146. The summed E-state index contributed by atoms with van der Waals surface area (Å²) >= 11 is 6.17. The summed E-state index contributed by atoms with van der Waals surface area (Å²) in [5.74, 6) is -0.536. The summed E-state index contributed by atoms with van der Waals surface area (Å²) in [6, 6.07) is 17.2. The summed E-state index contributed by atoms with van der Waals surface area (Å²) in [5, 5.41) is 10.6. The molecule has 1 aliphatic rings. The minimum absolute atomic E-state index is 0.304. The molecule has 4 aromatic rings. The molecule has 2 aromatic carbocycles. The molecule has 35 heavy (non-hydrogen) atoms. The van der Waals surface area contributed by atoms with Gasteiger partial charge in [0.2, 0.25) is 0 Å². The summed E-state index contributed by atoms with van der Waals surface area (Å²) < 4.78 is 0. The highest BCUT2D eigenvalue weighted by Gasteiger charge is 2.28. The second-order valence-electron chi connectivity index (χ2n) is 9.24. The van der Waals surface area contributed by atoms with E-state index in [9.17, 15) is 4.79 Å². The maximum atomic E-state index is 11.3. The lowest BCUT2D eigenvalue weighted by molar-refractivity contribution is -0.124. The van der Waals surface area contributed by atoms with Gasteiger partial charge in [0.25, 0.3) is 5.91 Å². The van der Waals surface area contributed by atoms with E-state index in [-0.39, 0.29) is 0 Å². The fraction of sp³-hybridized carbons (Fsp3) is 0.250. The number of aryl methyl sites for hydroxylation is 2. The van der Waals surface area contributed by atoms with E-state index in [2.05, 4.69) is 64.4 Å². The molecule has 2 heterocycles. The molecule has 1 unspecified atom stereocenters. The van der Waals surface area contributed by atoms with Crippen LogP contribution in [-0.4, -0.2) is 32.5 Å². The molecular formula is C28H29ClN4O2. The van der Waals surface area contributed by atoms with E-state index in [1.807, 2.05) is 12.1 Å². The number of amides is 1. The Bertz CT molecular complexity index is 1390. The summed E-state index contributed by atoms with van der Waals surface area (Å²) in [6.45, 7) is 3.82. The van der Waals surface area contributed by atoms with Gasteiger partial charge in [-0.1, -0.05) is 41.9 Å². The van der Waals surface area contributed by atoms with Gasteiger partial charge in [-0.05, 0) is 78.3 Å². The van der Waals surface area contributed by atoms with Gasteiger partial charge in [0.05, 0.1) is 0 Å². The van der Waals surface area contributed by atoms with Crippen LogP contribution in [0.2, 0.25) is 5.15 Å². The standard InChI is InChI=1S/C28H29ClN4O2/c1-18-2-7-23-21(16-30-25(23)14-18)12-13-33(17-22-6-10-27(29)31-22)26-9-5-20-15-19(3-8-24(20)26)4-11-28(34)32-35/h2-4,6-8,10-11,14-16,26,30-31,35H,5,9,12-13,17H2,1H3,(H,32,34)/b11-4+. The number of nitrogens with zero attached hydrogens (tertiary/aromatic N) is 1. The zero-order chi connectivity index (χ0) is 24.4. The van der Waals surface area contributed by atoms with Crippen LogP contribution in [0, 0.1) is 6.92 Å². The molecule has 0 spiro atoms. The largest absolute Gasteiger partial charge is 0.361 e. The molecule has 1 atom stereocenters. The second-order valence-corrected chi connectivity index (χ2v) is 9.64. The molecule has 0 aliphatic heterocycles. The minimum atomic E-state index is -0.536. The fourth-order valence-electron chi connectivity index (χ4n) is 5.14. The first kappa shape index (κ1) is 23.4. The Morgan fingerprint density at radius 1 is 1.23 bits per heavy atom. The number of halogens is 1. The van der Waals surface area contributed by atoms with Gasteiger partial charge >= 0.3 is 0 Å². The van der Waals surface area contributed by atoms with Crippen LogP contribution in [0.5, 0.6) is 0 Å². The maximum absolute atomic E-state index is 11.3. The molecule has 180 valence electrons. The number of aromatic nitrogens is 2. The molecule has 0 saturated carbocycles. The van der Waals surface area contributed by atoms with Gasteiger partial charge in [-0.2, -0.15) is 0 Å². The van der Waals surface area contributed by atoms with Crippen LogP contribution < -0.4 is 5.48 Å². The van der Waals surface area contributed by atoms with Crippen LogP contribution in [-0.2, 0) is 24.2 Å². The molecule has 6 nitrogen and oxygen atoms in total. The number of carbonyl (C=O) groups excluding carboxylic acids is 1. The van der Waals surface area contributed by atoms with E-state index in [4.69, 9.17) is 16.8 Å². The van der Waals surface area contributed by atoms with Gasteiger partial charge in [-0.3, -0.25) is 14.9 Å². The Kier molecular flexibility index (Phi) is 6.77. The predicted octanol–water partition coefficient (Wildman–Crippen LogP) is 5.71. The molecule has 2 aromatic heterocycles. The maximum Gasteiger partial charge on any atom is 0.267 e. The molecule has 0 fully saturated rings. The Hall–Kier alpha value is -3.32. The molecule has 5 rings (SSSR count). The van der Waals surface area contributed by atoms with Gasteiger partial charge in [-0.15, -0.1) is 0 Å². The first-order valence-corrected chi connectivity index (χ1v) is 12.3. The van der Waals surface area contributed by atoms with Crippen molar-refractivity contribution in [2.24, 2.45) is 0 Å². The van der Waals surface area contributed by atoms with Crippen LogP contribution >= 0.6 is 11.6 Å². The third-order valence-corrected chi connectivity index (χ3v) is 7.09. The fourth-order valence-corrected chi connectivity index (χ4v) is 5.33. The van der Waals surface area contributed by atoms with Gasteiger partial charge < -0.3 is 9.97 Å². The average molecular weight is 489 g/mol. The summed E-state index contributed by atoms with van der Waals surface area (Å²) in [5.41, 5.74) is 10.1. The summed E-state index contributed by atoms with van der Waals surface area (Å²) in [4.78, 5) is 20.6. The summed E-state index contributed by atoms with van der Waals surface area (Å²) in [7, 11) is 0. The lowest BCUT2D eigenvalue weighted by Crippen LogP contribution is -2.29. The highest BCUT2D eigenvalue weighted by atomic mass is 35.5. The number of hydroxylamine groups is 1. The van der Waals surface area contributed by atoms with E-state index in [1.54, 1.807) is 11.6 Å². The molecule has 4 N–H and O–H groups in total. The van der Waals surface area contributed by atoms with Crippen molar-refractivity contribution in [3.05, 3.63) is 99.5 Å². The number of hydrogen-bond donors (Lipinski definition) is 4. The number of benzene rings is 2. The zero-order valence-corrected chi connectivity index (χ0v) is 20.4. The highest BCUT2D eigenvalue weighted by molar-refractivity contribution is 6.29. The van der Waals surface area contributed by atoms with E-state index in [0.717, 1.165) is 43.6 Å². The lowest BCUT2D eigenvalue weighted by Gasteiger charge is -2.29. The van der Waals surface area contributed by atoms with Crippen molar-refractivity contribution in [3.63, 3.8) is 0 Å². The molecular weight excluding hydrogens is 460 g/mol. The molecule has 1 aliphatic carbocycles. The van der Waals surface area contributed by atoms with Crippen molar-refractivity contribution in [1.82, 2.24) is 20.3 Å². The van der Waals surface area contributed by atoms with Crippen LogP contribution in [0.3, 0.4) is 0 Å². The van der Waals surface area contributed by atoms with E-state index < -0.39 is 5.91 Å². The van der Waals surface area contributed by atoms with Crippen molar-refractivity contribution in [2.45, 2.75) is 38.8 Å². The van der Waals surface area contributed by atoms with Crippen LogP contribution in [0.25, 0.3) is 17.0 Å². The van der Waals surface area contributed by atoms with E-state index >= 15 is 0 Å². The third-order valence-electron chi connectivity index (χ3n) is 6.87. The molecule has 1 amide bonds. The Labute approximate surface area is 209 Å². The molecule has 0 bridgehead atoms. The first-order chi connectivity index (χ1) is 17.0. The van der Waals surface area contributed by atoms with Crippen molar-refractivity contribution >= 4 is 34.5 Å². The molecule has 0 radical (unpaired) electrons. The second kappa shape index (κ2) is 10.1. The van der Waals surface area contributed by atoms with Gasteiger partial charge in [0, 0.05) is 48.0 Å². The van der Waals surface area contributed by atoms with Crippen molar-refractivity contribution in [3.8, 4) is 0 Å². The number of nitrogens with one attached hydrogen (secondary N) is 3. The lowest BCUT2D eigenvalue weighted by atomic mass is 10.0. The number of rotatable bonds is 8. The SMILES string of the molecule is Cc1ccc2c(CCN(Cc3ccc(Cl)[nH]3)C3CCc4cc(/C=C/C(=O)NO)ccc43)c[nH]c2c1. The number of fused-ring (bicyclic) bond motifs is 2. The van der Waals surface area contributed by atoms with Crippen LogP contribution in [0.4, 0.5) is 0 Å². The third kappa shape index (κ3) is 5.20. The number of aromatic amines is 2. The Balaban J connectivity index is 1.38. The van der Waals surface area contributed by atoms with Crippen LogP contribution in [0.15, 0.2) is 60.8 Å². The number of carbonyl (C=O) groups is 1. The Morgan fingerprint density at radius 2 is 2.11 bits per heavy atom.